The lowest BCUT2D eigenvalue weighted by Crippen LogP contribution is -2.43. The van der Waals surface area contributed by atoms with E-state index in [0.717, 1.165) is 0 Å². The summed E-state index contributed by atoms with van der Waals surface area (Å²) in [7, 11) is -1.34. The highest BCUT2D eigenvalue weighted by Gasteiger charge is 2.17. The van der Waals surface area contributed by atoms with E-state index in [9.17, 15) is 18.6 Å². The summed E-state index contributed by atoms with van der Waals surface area (Å²) in [6.45, 7) is 1.13. The molecule has 0 aliphatic heterocycles. The zero-order chi connectivity index (χ0) is 19.8. The first-order valence-corrected chi connectivity index (χ1v) is 9.61. The molecule has 0 aliphatic carbocycles. The number of carbonyl (C=O) groups is 3. The third-order valence-corrected chi connectivity index (χ3v) is 4.99. The Kier molecular flexibility index (Phi) is 7.51. The molecule has 2 aromatic carbocycles. The molecule has 1 atom stereocenters. The summed E-state index contributed by atoms with van der Waals surface area (Å²) >= 11 is 5.74. The van der Waals surface area contributed by atoms with E-state index in [2.05, 4.69) is 10.9 Å². The molecular weight excluding hydrogens is 392 g/mol. The number of benzene rings is 2. The van der Waals surface area contributed by atoms with Crippen LogP contribution in [0.2, 0.25) is 5.02 Å². The average Bonchev–Trinajstić information content (AvgIpc) is 2.70. The number of rotatable bonds is 6. The second-order valence-electron chi connectivity index (χ2n) is 5.22. The van der Waals surface area contributed by atoms with Crippen LogP contribution in [0.1, 0.15) is 27.6 Å². The minimum Gasteiger partial charge on any atom is -0.452 e. The molecule has 0 saturated heterocycles. The third kappa shape index (κ3) is 5.90. The van der Waals surface area contributed by atoms with E-state index in [1.165, 1.54) is 30.3 Å². The second-order valence-corrected chi connectivity index (χ2v) is 7.36. The number of hydrazine groups is 1. The van der Waals surface area contributed by atoms with Gasteiger partial charge in [0.1, 0.15) is 0 Å². The minimum absolute atomic E-state index is 0.135. The van der Waals surface area contributed by atoms with Crippen LogP contribution in [-0.4, -0.2) is 34.4 Å². The highest BCUT2D eigenvalue weighted by Crippen LogP contribution is 2.15. The van der Waals surface area contributed by atoms with Crippen LogP contribution in [0.15, 0.2) is 53.4 Å². The molecule has 0 saturated carbocycles. The van der Waals surface area contributed by atoms with Crippen molar-refractivity contribution in [2.75, 3.05) is 12.4 Å². The van der Waals surface area contributed by atoms with E-state index in [-0.39, 0.29) is 5.56 Å². The largest absolute Gasteiger partial charge is 0.452 e. The van der Waals surface area contributed by atoms with Crippen molar-refractivity contribution in [3.05, 3.63) is 64.7 Å². The number of halogens is 1. The Balaban J connectivity index is 1.87. The summed E-state index contributed by atoms with van der Waals surface area (Å²) in [5, 5.41) is 0.479. The minimum atomic E-state index is -1.34. The summed E-state index contributed by atoms with van der Waals surface area (Å²) in [4.78, 5) is 36.1. The molecule has 2 rings (SSSR count). The van der Waals surface area contributed by atoms with Crippen LogP contribution < -0.4 is 10.9 Å². The topological polar surface area (TPSA) is 102 Å². The molecule has 2 aromatic rings. The van der Waals surface area contributed by atoms with Gasteiger partial charge >= 0.3 is 5.97 Å². The first-order valence-electron chi connectivity index (χ1n) is 7.91. The van der Waals surface area contributed by atoms with Crippen LogP contribution in [0.25, 0.3) is 0 Å². The van der Waals surface area contributed by atoms with E-state index >= 15 is 0 Å². The van der Waals surface area contributed by atoms with E-state index in [4.69, 9.17) is 16.3 Å². The number of esters is 1. The van der Waals surface area contributed by atoms with Gasteiger partial charge in [0, 0.05) is 16.3 Å². The first-order chi connectivity index (χ1) is 12.9. The second kappa shape index (κ2) is 9.84. The first kappa shape index (κ1) is 20.6. The fraction of sp³-hybridized carbons (Fsp3) is 0.167. The predicted octanol–water partition coefficient (Wildman–Crippen LogP) is 2.09. The van der Waals surface area contributed by atoms with Crippen molar-refractivity contribution in [1.29, 1.82) is 0 Å². The zero-order valence-corrected chi connectivity index (χ0v) is 15.9. The maximum atomic E-state index is 12.1. The highest BCUT2D eigenvalue weighted by atomic mass is 35.5. The van der Waals surface area contributed by atoms with Gasteiger partial charge in [-0.2, -0.15) is 0 Å². The Labute approximate surface area is 163 Å². The van der Waals surface area contributed by atoms with Crippen LogP contribution in [0, 0.1) is 0 Å². The SMILES string of the molecule is CC[S@@](=O)c1ccccc1C(=O)OCC(=O)NNC(=O)c1ccc(Cl)cc1. The number of hydrogen-bond donors (Lipinski definition) is 2. The van der Waals surface area contributed by atoms with Crippen molar-refractivity contribution in [2.45, 2.75) is 11.8 Å². The molecular formula is C18H17ClN2O5S. The molecule has 0 bridgehead atoms. The molecule has 0 aliphatic rings. The van der Waals surface area contributed by atoms with Crippen LogP contribution in [-0.2, 0) is 20.3 Å². The Bertz CT molecular complexity index is 870. The fourth-order valence-corrected chi connectivity index (χ4v) is 3.10. The van der Waals surface area contributed by atoms with E-state index in [0.29, 0.717) is 21.2 Å². The van der Waals surface area contributed by atoms with Crippen LogP contribution in [0.3, 0.4) is 0 Å². The van der Waals surface area contributed by atoms with Crippen LogP contribution in [0.5, 0.6) is 0 Å². The molecule has 0 radical (unpaired) electrons. The maximum absolute atomic E-state index is 12.1. The Morgan fingerprint density at radius 3 is 2.37 bits per heavy atom. The van der Waals surface area contributed by atoms with Gasteiger partial charge in [-0.05, 0) is 36.4 Å². The molecule has 7 nitrogen and oxygen atoms in total. The van der Waals surface area contributed by atoms with Crippen molar-refractivity contribution < 1.29 is 23.3 Å². The Hall–Kier alpha value is -2.71. The van der Waals surface area contributed by atoms with Gasteiger partial charge in [-0.3, -0.25) is 24.6 Å². The number of ether oxygens (including phenoxy) is 1. The lowest BCUT2D eigenvalue weighted by molar-refractivity contribution is -0.125. The highest BCUT2D eigenvalue weighted by molar-refractivity contribution is 7.85. The molecule has 0 heterocycles. The molecule has 2 N–H and O–H groups in total. The summed E-state index contributed by atoms with van der Waals surface area (Å²) in [6.07, 6.45) is 0. The number of nitrogens with one attached hydrogen (secondary N) is 2. The van der Waals surface area contributed by atoms with Gasteiger partial charge in [-0.15, -0.1) is 0 Å². The van der Waals surface area contributed by atoms with Crippen LogP contribution >= 0.6 is 11.6 Å². The lowest BCUT2D eigenvalue weighted by Gasteiger charge is -2.10. The number of carbonyl (C=O) groups excluding carboxylic acids is 3. The van der Waals surface area contributed by atoms with Crippen molar-refractivity contribution in [3.8, 4) is 0 Å². The number of hydrogen-bond acceptors (Lipinski definition) is 5. The molecule has 0 aromatic heterocycles. The Morgan fingerprint density at radius 1 is 1.04 bits per heavy atom. The van der Waals surface area contributed by atoms with Gasteiger partial charge in [-0.25, -0.2) is 4.79 Å². The van der Waals surface area contributed by atoms with Crippen molar-refractivity contribution in [3.63, 3.8) is 0 Å². The zero-order valence-electron chi connectivity index (χ0n) is 14.4. The molecule has 0 spiro atoms. The quantitative estimate of drug-likeness (QED) is 0.563. The van der Waals surface area contributed by atoms with Gasteiger partial charge in [0.15, 0.2) is 6.61 Å². The van der Waals surface area contributed by atoms with Gasteiger partial charge in [0.25, 0.3) is 11.8 Å². The standard InChI is InChI=1S/C18H17ClN2O5S/c1-2-27(25)15-6-4-3-5-14(15)18(24)26-11-16(22)20-21-17(23)12-7-9-13(19)10-8-12/h3-10H,2,11H2,1H3,(H,20,22)(H,21,23)/t27-/m1/s1. The van der Waals surface area contributed by atoms with E-state index < -0.39 is 35.2 Å². The molecule has 0 fully saturated rings. The van der Waals surface area contributed by atoms with Gasteiger partial charge in [0.2, 0.25) is 0 Å². The van der Waals surface area contributed by atoms with Crippen molar-refractivity contribution in [2.24, 2.45) is 0 Å². The molecule has 2 amide bonds. The molecule has 142 valence electrons. The summed E-state index contributed by atoms with van der Waals surface area (Å²) in [6, 6.07) is 12.4. The van der Waals surface area contributed by atoms with Gasteiger partial charge in [-0.1, -0.05) is 30.7 Å². The normalized spacial score (nSPS) is 11.3. The molecule has 0 unspecified atom stereocenters. The van der Waals surface area contributed by atoms with Crippen molar-refractivity contribution in [1.82, 2.24) is 10.9 Å². The lowest BCUT2D eigenvalue weighted by atomic mass is 10.2. The summed E-state index contributed by atoms with van der Waals surface area (Å²) in [5.41, 5.74) is 4.77. The Morgan fingerprint density at radius 2 is 1.70 bits per heavy atom. The van der Waals surface area contributed by atoms with Crippen LogP contribution in [0.4, 0.5) is 0 Å². The molecule has 9 heteroatoms. The average molecular weight is 409 g/mol. The van der Waals surface area contributed by atoms with Gasteiger partial charge in [0.05, 0.1) is 21.3 Å². The molecule has 27 heavy (non-hydrogen) atoms. The number of amides is 2. The smallest absolute Gasteiger partial charge is 0.339 e. The van der Waals surface area contributed by atoms with Gasteiger partial charge < -0.3 is 4.74 Å². The summed E-state index contributed by atoms with van der Waals surface area (Å²) < 4.78 is 16.9. The van der Waals surface area contributed by atoms with Crippen molar-refractivity contribution >= 4 is 40.2 Å². The monoisotopic (exact) mass is 408 g/mol. The van der Waals surface area contributed by atoms with E-state index in [1.54, 1.807) is 25.1 Å². The summed E-state index contributed by atoms with van der Waals surface area (Å²) in [5.74, 6) is -1.69. The third-order valence-electron chi connectivity index (χ3n) is 3.37. The predicted molar refractivity (Wildman–Crippen MR) is 101 cm³/mol. The van der Waals surface area contributed by atoms with E-state index in [1.807, 2.05) is 0 Å². The fourth-order valence-electron chi connectivity index (χ4n) is 2.03. The maximum Gasteiger partial charge on any atom is 0.339 e.